The minimum atomic E-state index is -0.836. The van der Waals surface area contributed by atoms with Gasteiger partial charge < -0.3 is 25.2 Å². The SMILES string of the molecule is CCCCN(CCCCN)C(=O)CN1C[C@H](c2ccc3c(c2)CCO3)C(C(=O)O)[C@@H]1Cc1ccccc1OC. The topological polar surface area (TPSA) is 105 Å². The van der Waals surface area contributed by atoms with Gasteiger partial charge in [0, 0.05) is 38.0 Å². The molecule has 3 atom stereocenters. The number of hydrogen-bond donors (Lipinski definition) is 2. The molecule has 8 heteroatoms. The molecule has 2 aliphatic rings. The third kappa shape index (κ3) is 6.92. The first kappa shape index (κ1) is 28.9. The molecule has 1 fully saturated rings. The second-order valence-electron chi connectivity index (χ2n) is 10.7. The Hall–Kier alpha value is -3.10. The van der Waals surface area contributed by atoms with E-state index in [1.54, 1.807) is 7.11 Å². The summed E-state index contributed by atoms with van der Waals surface area (Å²) in [6.07, 6.45) is 5.01. The molecule has 2 aromatic carbocycles. The van der Waals surface area contributed by atoms with Crippen molar-refractivity contribution >= 4 is 11.9 Å². The van der Waals surface area contributed by atoms with Crippen molar-refractivity contribution in [1.82, 2.24) is 9.80 Å². The third-order valence-electron chi connectivity index (χ3n) is 8.15. The van der Waals surface area contributed by atoms with Crippen LogP contribution in [0.25, 0.3) is 0 Å². The van der Waals surface area contributed by atoms with Crippen LogP contribution in [0.5, 0.6) is 11.5 Å². The number of unbranched alkanes of at least 4 members (excludes halogenated alkanes) is 2. The van der Waals surface area contributed by atoms with Crippen LogP contribution in [-0.4, -0.2) is 79.3 Å². The summed E-state index contributed by atoms with van der Waals surface area (Å²) < 4.78 is 11.3. The Balaban J connectivity index is 1.64. The number of methoxy groups -OCH3 is 1. The van der Waals surface area contributed by atoms with Crippen molar-refractivity contribution in [1.29, 1.82) is 0 Å². The van der Waals surface area contributed by atoms with Gasteiger partial charge in [0.15, 0.2) is 0 Å². The van der Waals surface area contributed by atoms with Crippen molar-refractivity contribution in [2.24, 2.45) is 11.7 Å². The highest BCUT2D eigenvalue weighted by atomic mass is 16.5. The van der Waals surface area contributed by atoms with Crippen molar-refractivity contribution in [2.75, 3.05) is 46.4 Å². The average Bonchev–Trinajstić information content (AvgIpc) is 3.55. The standard InChI is InChI=1S/C31H43N3O5/c1-3-4-15-33(16-8-7-14-32)29(35)21-34-20-25(22-11-12-28-24(18-22)13-17-39-28)30(31(36)37)26(34)19-23-9-5-6-10-27(23)38-2/h5-6,9-12,18,25-26,30H,3-4,7-8,13-17,19-21,32H2,1-2H3,(H,36,37)/t25-,26+,30?/m1/s1. The smallest absolute Gasteiger partial charge is 0.308 e. The Morgan fingerprint density at radius 2 is 1.95 bits per heavy atom. The van der Waals surface area contributed by atoms with E-state index in [-0.39, 0.29) is 24.4 Å². The van der Waals surface area contributed by atoms with E-state index >= 15 is 0 Å². The van der Waals surface area contributed by atoms with Crippen molar-refractivity contribution in [3.63, 3.8) is 0 Å². The number of rotatable bonds is 14. The number of ether oxygens (including phenoxy) is 2. The van der Waals surface area contributed by atoms with E-state index < -0.39 is 11.9 Å². The number of nitrogens with two attached hydrogens (primary N) is 1. The molecule has 0 aromatic heterocycles. The predicted molar refractivity (Wildman–Crippen MR) is 151 cm³/mol. The van der Waals surface area contributed by atoms with E-state index in [2.05, 4.69) is 17.9 Å². The Morgan fingerprint density at radius 3 is 2.69 bits per heavy atom. The minimum absolute atomic E-state index is 0.0534. The predicted octanol–water partition coefficient (Wildman–Crippen LogP) is 3.71. The van der Waals surface area contributed by atoms with Gasteiger partial charge in [-0.1, -0.05) is 43.7 Å². The average molecular weight is 538 g/mol. The van der Waals surface area contributed by atoms with Crippen molar-refractivity contribution in [3.05, 3.63) is 59.2 Å². The highest BCUT2D eigenvalue weighted by Gasteiger charge is 2.47. The molecule has 0 aliphatic carbocycles. The number of amides is 1. The molecule has 0 radical (unpaired) electrons. The zero-order valence-electron chi connectivity index (χ0n) is 23.3. The van der Waals surface area contributed by atoms with Crippen molar-refractivity contribution < 1.29 is 24.2 Å². The van der Waals surface area contributed by atoms with Gasteiger partial charge in [-0.15, -0.1) is 0 Å². The zero-order valence-corrected chi connectivity index (χ0v) is 23.3. The molecule has 3 N–H and O–H groups in total. The normalized spacial score (nSPS) is 20.4. The fourth-order valence-corrected chi connectivity index (χ4v) is 6.05. The number of aliphatic carboxylic acids is 1. The van der Waals surface area contributed by atoms with Crippen LogP contribution in [0.4, 0.5) is 0 Å². The lowest BCUT2D eigenvalue weighted by Gasteiger charge is -2.30. The van der Waals surface area contributed by atoms with Crippen LogP contribution in [0.3, 0.4) is 0 Å². The Bertz CT molecular complexity index is 1120. The summed E-state index contributed by atoms with van der Waals surface area (Å²) in [6.45, 7) is 5.47. The van der Waals surface area contributed by atoms with Gasteiger partial charge in [-0.25, -0.2) is 0 Å². The number of carbonyl (C=O) groups excluding carboxylic acids is 1. The third-order valence-corrected chi connectivity index (χ3v) is 8.15. The lowest BCUT2D eigenvalue weighted by molar-refractivity contribution is -0.143. The van der Waals surface area contributed by atoms with Crippen LogP contribution in [-0.2, 0) is 22.4 Å². The lowest BCUT2D eigenvalue weighted by atomic mass is 9.82. The molecule has 2 aliphatic heterocycles. The number of benzene rings is 2. The molecule has 1 unspecified atom stereocenters. The Labute approximate surface area is 232 Å². The van der Waals surface area contributed by atoms with Gasteiger partial charge in [0.1, 0.15) is 11.5 Å². The molecule has 8 nitrogen and oxygen atoms in total. The van der Waals surface area contributed by atoms with Gasteiger partial charge in [0.25, 0.3) is 0 Å². The van der Waals surface area contributed by atoms with Crippen LogP contribution in [0.2, 0.25) is 0 Å². The van der Waals surface area contributed by atoms with Gasteiger partial charge >= 0.3 is 5.97 Å². The summed E-state index contributed by atoms with van der Waals surface area (Å²) in [5.41, 5.74) is 8.77. The van der Waals surface area contributed by atoms with E-state index in [4.69, 9.17) is 15.2 Å². The first-order chi connectivity index (χ1) is 19.0. The number of hydrogen-bond acceptors (Lipinski definition) is 6. The molecular weight excluding hydrogens is 494 g/mol. The van der Waals surface area contributed by atoms with E-state index in [1.165, 1.54) is 0 Å². The first-order valence-corrected chi connectivity index (χ1v) is 14.3. The van der Waals surface area contributed by atoms with E-state index in [1.807, 2.05) is 41.3 Å². The van der Waals surface area contributed by atoms with Crippen LogP contribution < -0.4 is 15.2 Å². The number of carbonyl (C=O) groups is 2. The molecule has 1 amide bonds. The zero-order chi connectivity index (χ0) is 27.8. The molecular formula is C31H43N3O5. The van der Waals surface area contributed by atoms with E-state index in [9.17, 15) is 14.7 Å². The number of carboxylic acid groups (broad SMARTS) is 1. The fraction of sp³-hybridized carbons (Fsp3) is 0.548. The molecule has 4 rings (SSSR count). The van der Waals surface area contributed by atoms with Crippen LogP contribution in [0.15, 0.2) is 42.5 Å². The summed E-state index contributed by atoms with van der Waals surface area (Å²) in [7, 11) is 1.63. The molecule has 1 saturated heterocycles. The summed E-state index contributed by atoms with van der Waals surface area (Å²) in [4.78, 5) is 30.6. The van der Waals surface area contributed by atoms with Crippen molar-refractivity contribution in [2.45, 2.75) is 57.4 Å². The second-order valence-corrected chi connectivity index (χ2v) is 10.7. The molecule has 0 saturated carbocycles. The van der Waals surface area contributed by atoms with Gasteiger partial charge in [0.05, 0.1) is 26.2 Å². The number of nitrogens with zero attached hydrogens (tertiary/aromatic N) is 2. The maximum atomic E-state index is 13.7. The van der Waals surface area contributed by atoms with E-state index in [0.29, 0.717) is 39.2 Å². The summed E-state index contributed by atoms with van der Waals surface area (Å²) in [5, 5.41) is 10.5. The molecule has 2 aromatic rings. The van der Waals surface area contributed by atoms with Gasteiger partial charge in [-0.2, -0.15) is 0 Å². The molecule has 2 heterocycles. The molecule has 39 heavy (non-hydrogen) atoms. The van der Waals surface area contributed by atoms with Crippen LogP contribution >= 0.6 is 0 Å². The number of para-hydroxylation sites is 1. The summed E-state index contributed by atoms with van der Waals surface area (Å²) in [5.74, 6) is -0.0654. The first-order valence-electron chi connectivity index (χ1n) is 14.3. The maximum absolute atomic E-state index is 13.7. The fourth-order valence-electron chi connectivity index (χ4n) is 6.05. The monoisotopic (exact) mass is 537 g/mol. The summed E-state index contributed by atoms with van der Waals surface area (Å²) in [6, 6.07) is 13.5. The quantitative estimate of drug-likeness (QED) is 0.354. The molecule has 0 spiro atoms. The van der Waals surface area contributed by atoms with Gasteiger partial charge in [0.2, 0.25) is 5.91 Å². The van der Waals surface area contributed by atoms with Gasteiger partial charge in [-0.3, -0.25) is 14.5 Å². The largest absolute Gasteiger partial charge is 0.496 e. The number of likely N-dealkylation sites (tertiary alicyclic amines) is 1. The maximum Gasteiger partial charge on any atom is 0.308 e. The van der Waals surface area contributed by atoms with E-state index in [0.717, 1.165) is 60.3 Å². The Morgan fingerprint density at radius 1 is 1.15 bits per heavy atom. The minimum Gasteiger partial charge on any atom is -0.496 e. The van der Waals surface area contributed by atoms with Gasteiger partial charge in [-0.05, 0) is 61.1 Å². The summed E-state index contributed by atoms with van der Waals surface area (Å²) >= 11 is 0. The number of fused-ring (bicyclic) bond motifs is 1. The Kier molecular flexibility index (Phi) is 10.2. The van der Waals surface area contributed by atoms with Crippen molar-refractivity contribution in [3.8, 4) is 11.5 Å². The van der Waals surface area contributed by atoms with Crippen LogP contribution in [0.1, 0.15) is 55.2 Å². The van der Waals surface area contributed by atoms with Crippen LogP contribution in [0, 0.1) is 5.92 Å². The molecule has 0 bridgehead atoms. The molecule has 212 valence electrons. The highest BCUT2D eigenvalue weighted by molar-refractivity contribution is 5.79. The second kappa shape index (κ2) is 13.8. The number of carboxylic acids is 1. The highest BCUT2D eigenvalue weighted by Crippen LogP contribution is 2.41. The lowest BCUT2D eigenvalue weighted by Crippen LogP contribution is -2.45.